The molecule has 0 bridgehead atoms. The molecule has 3 N–H and O–H groups in total. The van der Waals surface area contributed by atoms with E-state index in [0.29, 0.717) is 11.4 Å². The third-order valence-corrected chi connectivity index (χ3v) is 3.17. The lowest BCUT2D eigenvalue weighted by molar-refractivity contribution is 0.0957. The number of nitrogen functional groups attached to an aromatic ring is 1. The number of nitrogens with one attached hydrogen (secondary N) is 1. The Balaban J connectivity index is 2.31. The van der Waals surface area contributed by atoms with Crippen LogP contribution in [0.5, 0.6) is 0 Å². The quantitative estimate of drug-likeness (QED) is 0.454. The van der Waals surface area contributed by atoms with E-state index < -0.39 is 0 Å². The SMILES string of the molecule is NNC(=O)c1sccc1Cn1cnccc1=O. The summed E-state index contributed by atoms with van der Waals surface area (Å²) in [6, 6.07) is 3.16. The minimum absolute atomic E-state index is 0.162. The largest absolute Gasteiger partial charge is 0.295 e. The highest BCUT2D eigenvalue weighted by molar-refractivity contribution is 7.12. The second-order valence-corrected chi connectivity index (χ2v) is 4.21. The molecule has 7 heteroatoms. The second kappa shape index (κ2) is 4.89. The fourth-order valence-corrected chi connectivity index (χ4v) is 2.22. The van der Waals surface area contributed by atoms with Crippen LogP contribution in [-0.4, -0.2) is 15.5 Å². The van der Waals surface area contributed by atoms with Crippen molar-refractivity contribution >= 4 is 17.2 Å². The number of hydrogen-bond donors (Lipinski definition) is 2. The Bertz CT molecular complexity index is 590. The van der Waals surface area contributed by atoms with Gasteiger partial charge in [0.15, 0.2) is 0 Å². The highest BCUT2D eigenvalue weighted by atomic mass is 32.1. The van der Waals surface area contributed by atoms with Crippen LogP contribution in [0.15, 0.2) is 34.8 Å². The first-order valence-electron chi connectivity index (χ1n) is 4.80. The number of nitrogens with two attached hydrogens (primary N) is 1. The van der Waals surface area contributed by atoms with Gasteiger partial charge in [0.2, 0.25) is 0 Å². The van der Waals surface area contributed by atoms with Crippen LogP contribution in [0.1, 0.15) is 15.2 Å². The van der Waals surface area contributed by atoms with Gasteiger partial charge < -0.3 is 0 Å². The average molecular weight is 250 g/mol. The number of aromatic nitrogens is 2. The number of hydrazine groups is 1. The van der Waals surface area contributed by atoms with E-state index in [9.17, 15) is 9.59 Å². The molecule has 0 aliphatic carbocycles. The van der Waals surface area contributed by atoms with Gasteiger partial charge in [-0.3, -0.25) is 19.6 Å². The molecule has 0 saturated carbocycles. The number of nitrogens with zero attached hydrogens (tertiary/aromatic N) is 2. The molecule has 0 aromatic carbocycles. The Morgan fingerprint density at radius 1 is 1.53 bits per heavy atom. The number of rotatable bonds is 3. The average Bonchev–Trinajstić information content (AvgIpc) is 2.79. The lowest BCUT2D eigenvalue weighted by atomic mass is 10.2. The lowest BCUT2D eigenvalue weighted by Gasteiger charge is -2.04. The summed E-state index contributed by atoms with van der Waals surface area (Å²) in [7, 11) is 0. The summed E-state index contributed by atoms with van der Waals surface area (Å²) in [5.74, 6) is 4.73. The van der Waals surface area contributed by atoms with Crippen LogP contribution in [0.2, 0.25) is 0 Å². The predicted molar refractivity (Wildman–Crippen MR) is 63.6 cm³/mol. The Morgan fingerprint density at radius 3 is 3.06 bits per heavy atom. The predicted octanol–water partition coefficient (Wildman–Crippen LogP) is -0.0434. The molecule has 0 atom stereocenters. The fraction of sp³-hybridized carbons (Fsp3) is 0.100. The van der Waals surface area contributed by atoms with Crippen molar-refractivity contribution in [3.05, 3.63) is 50.8 Å². The van der Waals surface area contributed by atoms with Crippen molar-refractivity contribution in [2.75, 3.05) is 0 Å². The Kier molecular flexibility index (Phi) is 3.31. The van der Waals surface area contributed by atoms with Gasteiger partial charge in [0, 0.05) is 12.3 Å². The van der Waals surface area contributed by atoms with E-state index in [4.69, 9.17) is 5.84 Å². The van der Waals surface area contributed by atoms with Crippen LogP contribution in [0, 0.1) is 0 Å². The van der Waals surface area contributed by atoms with E-state index in [1.165, 1.54) is 34.5 Å². The normalized spacial score (nSPS) is 10.2. The monoisotopic (exact) mass is 250 g/mol. The number of carbonyl (C=O) groups is 1. The highest BCUT2D eigenvalue weighted by Crippen LogP contribution is 2.17. The fourth-order valence-electron chi connectivity index (χ4n) is 1.41. The molecule has 2 heterocycles. The van der Waals surface area contributed by atoms with Crippen molar-refractivity contribution in [3.8, 4) is 0 Å². The van der Waals surface area contributed by atoms with Crippen molar-refractivity contribution in [3.63, 3.8) is 0 Å². The molecule has 0 radical (unpaired) electrons. The number of hydrogen-bond acceptors (Lipinski definition) is 5. The third-order valence-electron chi connectivity index (χ3n) is 2.22. The van der Waals surface area contributed by atoms with Crippen LogP contribution in [0.4, 0.5) is 0 Å². The van der Waals surface area contributed by atoms with Gasteiger partial charge >= 0.3 is 0 Å². The van der Waals surface area contributed by atoms with Gasteiger partial charge in [-0.1, -0.05) is 0 Å². The topological polar surface area (TPSA) is 90.0 Å². The lowest BCUT2D eigenvalue weighted by Crippen LogP contribution is -2.30. The standard InChI is InChI=1S/C10H10N4O2S/c11-13-10(16)9-7(2-4-17-9)5-14-6-12-3-1-8(14)15/h1-4,6H,5,11H2,(H,13,16). The smallest absolute Gasteiger partial charge is 0.275 e. The summed E-state index contributed by atoms with van der Waals surface area (Å²) in [6.45, 7) is 0.304. The maximum absolute atomic E-state index is 11.5. The van der Waals surface area contributed by atoms with Crippen LogP contribution in [0.3, 0.4) is 0 Å². The molecule has 0 aliphatic rings. The molecule has 6 nitrogen and oxygen atoms in total. The Morgan fingerprint density at radius 2 is 2.35 bits per heavy atom. The molecular weight excluding hydrogens is 240 g/mol. The Hall–Kier alpha value is -1.99. The zero-order valence-corrected chi connectivity index (χ0v) is 9.61. The van der Waals surface area contributed by atoms with Crippen molar-refractivity contribution in [1.82, 2.24) is 15.0 Å². The summed E-state index contributed by atoms with van der Waals surface area (Å²) in [5.41, 5.74) is 2.66. The molecule has 88 valence electrons. The summed E-state index contributed by atoms with van der Waals surface area (Å²) >= 11 is 1.28. The molecule has 0 aliphatic heterocycles. The van der Waals surface area contributed by atoms with Gasteiger partial charge in [-0.25, -0.2) is 10.8 Å². The van der Waals surface area contributed by atoms with Crippen molar-refractivity contribution in [2.45, 2.75) is 6.54 Å². The number of amides is 1. The highest BCUT2D eigenvalue weighted by Gasteiger charge is 2.12. The van der Waals surface area contributed by atoms with Gasteiger partial charge in [-0.05, 0) is 17.0 Å². The van der Waals surface area contributed by atoms with E-state index in [1.807, 2.05) is 0 Å². The maximum Gasteiger partial charge on any atom is 0.275 e. The molecule has 1 amide bonds. The Labute approximate surface area is 101 Å². The molecule has 2 aromatic rings. The van der Waals surface area contributed by atoms with E-state index in [1.54, 1.807) is 11.4 Å². The van der Waals surface area contributed by atoms with Gasteiger partial charge in [0.1, 0.15) is 0 Å². The molecule has 2 rings (SSSR count). The first-order chi connectivity index (χ1) is 8.22. The second-order valence-electron chi connectivity index (χ2n) is 3.29. The molecule has 0 spiro atoms. The van der Waals surface area contributed by atoms with E-state index in [0.717, 1.165) is 5.56 Å². The summed E-state index contributed by atoms with van der Waals surface area (Å²) in [6.07, 6.45) is 2.87. The minimum Gasteiger partial charge on any atom is -0.295 e. The van der Waals surface area contributed by atoms with Gasteiger partial charge in [0.05, 0.1) is 17.7 Å². The number of carbonyl (C=O) groups excluding carboxylic acids is 1. The maximum atomic E-state index is 11.5. The third kappa shape index (κ3) is 2.40. The zero-order valence-electron chi connectivity index (χ0n) is 8.79. The van der Waals surface area contributed by atoms with Crippen LogP contribution in [-0.2, 0) is 6.54 Å². The summed E-state index contributed by atoms with van der Waals surface area (Å²) in [4.78, 5) is 27.3. The van der Waals surface area contributed by atoms with Crippen LogP contribution >= 0.6 is 11.3 Å². The van der Waals surface area contributed by atoms with Crippen molar-refractivity contribution < 1.29 is 4.79 Å². The molecular formula is C10H10N4O2S. The molecule has 0 fully saturated rings. The van der Waals surface area contributed by atoms with Gasteiger partial charge in [0.25, 0.3) is 11.5 Å². The molecule has 2 aromatic heterocycles. The molecule has 0 unspecified atom stereocenters. The van der Waals surface area contributed by atoms with Crippen LogP contribution < -0.4 is 16.8 Å². The van der Waals surface area contributed by atoms with Crippen molar-refractivity contribution in [2.24, 2.45) is 5.84 Å². The van der Waals surface area contributed by atoms with E-state index in [-0.39, 0.29) is 11.5 Å². The first kappa shape index (κ1) is 11.5. The first-order valence-corrected chi connectivity index (χ1v) is 5.68. The zero-order chi connectivity index (χ0) is 12.3. The van der Waals surface area contributed by atoms with Gasteiger partial charge in [-0.15, -0.1) is 11.3 Å². The minimum atomic E-state index is -0.355. The summed E-state index contributed by atoms with van der Waals surface area (Å²) in [5, 5.41) is 1.78. The summed E-state index contributed by atoms with van der Waals surface area (Å²) < 4.78 is 1.43. The van der Waals surface area contributed by atoms with Gasteiger partial charge in [-0.2, -0.15) is 0 Å². The van der Waals surface area contributed by atoms with Crippen LogP contribution in [0.25, 0.3) is 0 Å². The molecule has 0 saturated heterocycles. The van der Waals surface area contributed by atoms with E-state index in [2.05, 4.69) is 10.4 Å². The van der Waals surface area contributed by atoms with E-state index >= 15 is 0 Å². The van der Waals surface area contributed by atoms with Crippen molar-refractivity contribution in [1.29, 1.82) is 0 Å². The molecule has 17 heavy (non-hydrogen) atoms. The number of thiophene rings is 1.